The first-order chi connectivity index (χ1) is 17.8. The van der Waals surface area contributed by atoms with Crippen LogP contribution in [0.25, 0.3) is 17.2 Å². The van der Waals surface area contributed by atoms with Gasteiger partial charge in [0.1, 0.15) is 29.9 Å². The number of carbonyl (C=O) groups is 1. The average Bonchev–Trinajstić information content (AvgIpc) is 3.43. The molecule has 1 N–H and O–H groups in total. The summed E-state index contributed by atoms with van der Waals surface area (Å²) in [7, 11) is 0. The molecule has 13 heteroatoms. The molecule has 0 saturated heterocycles. The van der Waals surface area contributed by atoms with Crippen molar-refractivity contribution in [2.75, 3.05) is 10.2 Å². The number of amides is 1. The highest BCUT2D eigenvalue weighted by atomic mass is 19.4. The molecule has 1 aliphatic carbocycles. The summed E-state index contributed by atoms with van der Waals surface area (Å²) in [5.74, 6) is 0.324. The van der Waals surface area contributed by atoms with Crippen LogP contribution in [0.3, 0.4) is 0 Å². The molecule has 2 aliphatic rings. The van der Waals surface area contributed by atoms with E-state index >= 15 is 0 Å². The smallest absolute Gasteiger partial charge is 0.309 e. The Kier molecular flexibility index (Phi) is 5.42. The molecule has 6 rings (SSSR count). The molecule has 0 aromatic carbocycles. The number of hydrogen-bond donors (Lipinski definition) is 1. The minimum Gasteiger partial charge on any atom is -0.309 e. The molecule has 0 bridgehead atoms. The summed E-state index contributed by atoms with van der Waals surface area (Å²) in [6.45, 7) is 1.53. The van der Waals surface area contributed by atoms with Crippen molar-refractivity contribution in [2.45, 2.75) is 51.0 Å². The van der Waals surface area contributed by atoms with Crippen LogP contribution in [0, 0.1) is 0 Å². The van der Waals surface area contributed by atoms with Gasteiger partial charge in [0.05, 0.1) is 11.4 Å². The summed E-state index contributed by atoms with van der Waals surface area (Å²) in [5.41, 5.74) is 1.59. The predicted octanol–water partition coefficient (Wildman–Crippen LogP) is 4.17. The average molecular weight is 509 g/mol. The van der Waals surface area contributed by atoms with E-state index in [1.165, 1.54) is 25.5 Å². The Morgan fingerprint density at radius 3 is 2.73 bits per heavy atom. The van der Waals surface area contributed by atoms with E-state index in [4.69, 9.17) is 0 Å². The molecule has 37 heavy (non-hydrogen) atoms. The number of alkyl halides is 3. The summed E-state index contributed by atoms with van der Waals surface area (Å²) in [5, 5.41) is 10.9. The second kappa shape index (κ2) is 8.68. The molecule has 4 aromatic rings. The molecule has 1 fully saturated rings. The van der Waals surface area contributed by atoms with Crippen LogP contribution in [0.4, 0.5) is 24.8 Å². The molecular formula is C24H22F3N9O. The minimum absolute atomic E-state index is 0.0881. The minimum atomic E-state index is -4.54. The molecular weight excluding hydrogens is 487 g/mol. The van der Waals surface area contributed by atoms with Crippen molar-refractivity contribution in [3.05, 3.63) is 60.6 Å². The third-order valence-corrected chi connectivity index (χ3v) is 6.57. The highest BCUT2D eigenvalue weighted by Crippen LogP contribution is 2.39. The maximum Gasteiger partial charge on any atom is 0.486 e. The lowest BCUT2D eigenvalue weighted by Crippen LogP contribution is -2.47. The maximum atomic E-state index is 13.6. The lowest BCUT2D eigenvalue weighted by molar-refractivity contribution is -0.135. The van der Waals surface area contributed by atoms with E-state index in [2.05, 4.69) is 30.5 Å². The fraction of sp³-hybridized carbons (Fsp3) is 0.333. The molecule has 0 spiro atoms. The van der Waals surface area contributed by atoms with E-state index in [0.717, 1.165) is 12.8 Å². The molecule has 0 radical (unpaired) electrons. The fourth-order valence-corrected chi connectivity index (χ4v) is 4.62. The van der Waals surface area contributed by atoms with Crippen molar-refractivity contribution in [1.82, 2.24) is 34.3 Å². The standard InChI is InChI=1S/C24H22F3N9O/c1-14-5-8-19-22(36(14)24(25,26)27)29-12-34(19)16-9-10-28-18(11-16)23(37)32-20-4-2-3-17(31-20)21-33-30-13-35(21)15-6-7-15/h2-4,9-15H,5-8H2,1H3,(H,31,32,37). The fourth-order valence-electron chi connectivity index (χ4n) is 4.62. The Bertz CT molecular complexity index is 1470. The van der Waals surface area contributed by atoms with Gasteiger partial charge in [-0.3, -0.25) is 14.7 Å². The van der Waals surface area contributed by atoms with E-state index < -0.39 is 18.2 Å². The van der Waals surface area contributed by atoms with Gasteiger partial charge < -0.3 is 14.5 Å². The van der Waals surface area contributed by atoms with Crippen LogP contribution in [0.2, 0.25) is 0 Å². The van der Waals surface area contributed by atoms with Crippen LogP contribution in [0.5, 0.6) is 0 Å². The number of anilines is 2. The van der Waals surface area contributed by atoms with Gasteiger partial charge in [-0.15, -0.1) is 10.2 Å². The van der Waals surface area contributed by atoms with Gasteiger partial charge in [-0.2, -0.15) is 13.2 Å². The Balaban J connectivity index is 1.25. The molecule has 1 aliphatic heterocycles. The summed E-state index contributed by atoms with van der Waals surface area (Å²) in [4.78, 5) is 26.1. The van der Waals surface area contributed by atoms with Gasteiger partial charge >= 0.3 is 6.30 Å². The first-order valence-electron chi connectivity index (χ1n) is 11.9. The first kappa shape index (κ1) is 23.1. The molecule has 1 unspecified atom stereocenters. The highest BCUT2D eigenvalue weighted by molar-refractivity contribution is 6.02. The number of nitrogens with one attached hydrogen (secondary N) is 1. The first-order valence-corrected chi connectivity index (χ1v) is 11.9. The van der Waals surface area contributed by atoms with Crippen molar-refractivity contribution in [1.29, 1.82) is 0 Å². The van der Waals surface area contributed by atoms with Crippen molar-refractivity contribution in [2.24, 2.45) is 0 Å². The lowest BCUT2D eigenvalue weighted by Gasteiger charge is -2.35. The van der Waals surface area contributed by atoms with Crippen LogP contribution >= 0.6 is 0 Å². The van der Waals surface area contributed by atoms with Gasteiger partial charge in [-0.25, -0.2) is 9.97 Å². The predicted molar refractivity (Wildman–Crippen MR) is 127 cm³/mol. The van der Waals surface area contributed by atoms with E-state index in [1.54, 1.807) is 35.2 Å². The number of nitrogens with zero attached hydrogens (tertiary/aromatic N) is 8. The zero-order valence-electron chi connectivity index (χ0n) is 19.7. The van der Waals surface area contributed by atoms with Crippen molar-refractivity contribution < 1.29 is 18.0 Å². The van der Waals surface area contributed by atoms with Crippen LogP contribution in [-0.4, -0.2) is 52.5 Å². The third-order valence-electron chi connectivity index (χ3n) is 6.57. The van der Waals surface area contributed by atoms with Gasteiger partial charge in [-0.1, -0.05) is 6.07 Å². The van der Waals surface area contributed by atoms with E-state index in [-0.39, 0.29) is 11.5 Å². The van der Waals surface area contributed by atoms with E-state index in [1.807, 2.05) is 4.57 Å². The topological polar surface area (TPSA) is 107 Å². The summed E-state index contributed by atoms with van der Waals surface area (Å²) in [6, 6.07) is 8.01. The molecule has 1 amide bonds. The number of aromatic nitrogens is 7. The summed E-state index contributed by atoms with van der Waals surface area (Å²) < 4.78 is 44.5. The van der Waals surface area contributed by atoms with Crippen molar-refractivity contribution in [3.63, 3.8) is 0 Å². The highest BCUT2D eigenvalue weighted by Gasteiger charge is 2.45. The van der Waals surface area contributed by atoms with Crippen LogP contribution in [-0.2, 0) is 6.42 Å². The molecule has 5 heterocycles. The van der Waals surface area contributed by atoms with Gasteiger partial charge in [-0.05, 0) is 56.9 Å². The number of halogens is 3. The number of carbonyl (C=O) groups excluding carboxylic acids is 1. The van der Waals surface area contributed by atoms with Crippen LogP contribution < -0.4 is 10.2 Å². The third kappa shape index (κ3) is 4.30. The van der Waals surface area contributed by atoms with Gasteiger partial charge in [0.15, 0.2) is 11.6 Å². The SMILES string of the molecule is CC1CCc2c(ncn2-c2ccnc(C(=O)Nc3cccc(-c4nncn4C4CC4)n3)c2)N1C(F)(F)F. The normalized spacial score (nSPS) is 17.5. The van der Waals surface area contributed by atoms with Gasteiger partial charge in [0, 0.05) is 18.3 Å². The second-order valence-electron chi connectivity index (χ2n) is 9.16. The van der Waals surface area contributed by atoms with Crippen LogP contribution in [0.1, 0.15) is 48.4 Å². The number of rotatable bonds is 5. The Morgan fingerprint density at radius 2 is 1.95 bits per heavy atom. The monoisotopic (exact) mass is 509 g/mol. The second-order valence-corrected chi connectivity index (χ2v) is 9.16. The van der Waals surface area contributed by atoms with E-state index in [9.17, 15) is 18.0 Å². The summed E-state index contributed by atoms with van der Waals surface area (Å²) in [6.07, 6.45) is 2.81. The number of pyridine rings is 2. The van der Waals surface area contributed by atoms with E-state index in [0.29, 0.717) is 52.5 Å². The van der Waals surface area contributed by atoms with Crippen molar-refractivity contribution >= 4 is 17.5 Å². The Labute approximate surface area is 209 Å². The van der Waals surface area contributed by atoms with Crippen molar-refractivity contribution in [3.8, 4) is 17.2 Å². The largest absolute Gasteiger partial charge is 0.486 e. The number of imidazole rings is 1. The lowest BCUT2D eigenvalue weighted by atomic mass is 10.0. The summed E-state index contributed by atoms with van der Waals surface area (Å²) >= 11 is 0. The van der Waals surface area contributed by atoms with Gasteiger partial charge in [0.25, 0.3) is 5.91 Å². The molecule has 4 aromatic heterocycles. The molecule has 190 valence electrons. The molecule has 1 saturated carbocycles. The zero-order valence-corrected chi connectivity index (χ0v) is 19.7. The zero-order chi connectivity index (χ0) is 25.7. The van der Waals surface area contributed by atoms with Gasteiger partial charge in [0.2, 0.25) is 0 Å². The Hall–Kier alpha value is -4.29. The Morgan fingerprint density at radius 1 is 1.11 bits per heavy atom. The molecule has 10 nitrogen and oxygen atoms in total. The van der Waals surface area contributed by atoms with Crippen LogP contribution in [0.15, 0.2) is 49.2 Å². The maximum absolute atomic E-state index is 13.6. The quantitative estimate of drug-likeness (QED) is 0.403. The number of fused-ring (bicyclic) bond motifs is 1. The number of hydrogen-bond acceptors (Lipinski definition) is 7. The molecule has 1 atom stereocenters.